The van der Waals surface area contributed by atoms with E-state index in [9.17, 15) is 4.79 Å². The van der Waals surface area contributed by atoms with Crippen molar-refractivity contribution in [3.05, 3.63) is 12.7 Å². The summed E-state index contributed by atoms with van der Waals surface area (Å²) in [5, 5.41) is 0. The minimum absolute atomic E-state index is 0.0227. The van der Waals surface area contributed by atoms with Crippen LogP contribution in [0.1, 0.15) is 12.8 Å². The Balaban J connectivity index is 2.44. The molecule has 0 N–H and O–H groups in total. The summed E-state index contributed by atoms with van der Waals surface area (Å²) in [6.07, 6.45) is 3.42. The Hall–Kier alpha value is -0.830. The molecule has 1 rings (SSSR count). The lowest BCUT2D eigenvalue weighted by Gasteiger charge is -2.30. The zero-order valence-corrected chi connectivity index (χ0v) is 7.45. The van der Waals surface area contributed by atoms with Crippen LogP contribution in [-0.2, 0) is 9.53 Å². The SMILES string of the molecule is C=CC(=O)N(C)C1CCCOC1. The van der Waals surface area contributed by atoms with Crippen LogP contribution in [0.25, 0.3) is 0 Å². The molecule has 1 aliphatic heterocycles. The average molecular weight is 169 g/mol. The molecule has 0 bridgehead atoms. The summed E-state index contributed by atoms with van der Waals surface area (Å²) in [4.78, 5) is 12.9. The van der Waals surface area contributed by atoms with Gasteiger partial charge in [0.15, 0.2) is 0 Å². The smallest absolute Gasteiger partial charge is 0.246 e. The molecule has 12 heavy (non-hydrogen) atoms. The molecule has 68 valence electrons. The molecular formula is C9H15NO2. The Kier molecular flexibility index (Phi) is 3.29. The summed E-state index contributed by atoms with van der Waals surface area (Å²) in [6.45, 7) is 4.93. The van der Waals surface area contributed by atoms with Crippen molar-refractivity contribution in [1.82, 2.24) is 4.90 Å². The highest BCUT2D eigenvalue weighted by Gasteiger charge is 2.20. The Morgan fingerprint density at radius 1 is 1.75 bits per heavy atom. The molecule has 0 aromatic heterocycles. The molecule has 1 unspecified atom stereocenters. The standard InChI is InChI=1S/C9H15NO2/c1-3-9(11)10(2)8-5-4-6-12-7-8/h3,8H,1,4-7H2,2H3. The van der Waals surface area contributed by atoms with E-state index in [1.165, 1.54) is 6.08 Å². The van der Waals surface area contributed by atoms with E-state index in [1.54, 1.807) is 11.9 Å². The van der Waals surface area contributed by atoms with Crippen LogP contribution in [-0.4, -0.2) is 37.1 Å². The minimum atomic E-state index is -0.0227. The van der Waals surface area contributed by atoms with Gasteiger partial charge in [0, 0.05) is 13.7 Å². The van der Waals surface area contributed by atoms with E-state index >= 15 is 0 Å². The lowest BCUT2D eigenvalue weighted by atomic mass is 10.1. The van der Waals surface area contributed by atoms with Crippen LogP contribution in [0, 0.1) is 0 Å². The maximum atomic E-state index is 11.2. The van der Waals surface area contributed by atoms with Crippen molar-refractivity contribution in [2.24, 2.45) is 0 Å². The summed E-state index contributed by atoms with van der Waals surface area (Å²) in [7, 11) is 1.80. The second-order valence-electron chi connectivity index (χ2n) is 3.02. The first-order valence-corrected chi connectivity index (χ1v) is 4.22. The van der Waals surface area contributed by atoms with E-state index in [0.717, 1.165) is 19.4 Å². The molecule has 0 aromatic rings. The molecule has 1 fully saturated rings. The third kappa shape index (κ3) is 2.08. The van der Waals surface area contributed by atoms with Gasteiger partial charge in [-0.05, 0) is 18.9 Å². The Bertz CT molecular complexity index is 173. The van der Waals surface area contributed by atoms with Crippen molar-refractivity contribution in [2.45, 2.75) is 18.9 Å². The Morgan fingerprint density at radius 3 is 3.00 bits per heavy atom. The quantitative estimate of drug-likeness (QED) is 0.572. The monoisotopic (exact) mass is 169 g/mol. The van der Waals surface area contributed by atoms with Crippen molar-refractivity contribution >= 4 is 5.91 Å². The molecule has 1 saturated heterocycles. The van der Waals surface area contributed by atoms with E-state index < -0.39 is 0 Å². The molecule has 1 amide bonds. The number of amides is 1. The van der Waals surface area contributed by atoms with Gasteiger partial charge in [-0.15, -0.1) is 0 Å². The fourth-order valence-electron chi connectivity index (χ4n) is 1.35. The van der Waals surface area contributed by atoms with Gasteiger partial charge in [0.1, 0.15) is 0 Å². The summed E-state index contributed by atoms with van der Waals surface area (Å²) < 4.78 is 5.27. The minimum Gasteiger partial charge on any atom is -0.379 e. The van der Waals surface area contributed by atoms with Crippen LogP contribution in [0.3, 0.4) is 0 Å². The topological polar surface area (TPSA) is 29.5 Å². The number of carbonyl (C=O) groups excluding carboxylic acids is 1. The van der Waals surface area contributed by atoms with Gasteiger partial charge in [0.2, 0.25) is 5.91 Å². The summed E-state index contributed by atoms with van der Waals surface area (Å²) in [5.74, 6) is -0.0227. The van der Waals surface area contributed by atoms with Crippen LogP contribution in [0.15, 0.2) is 12.7 Å². The fourth-order valence-corrected chi connectivity index (χ4v) is 1.35. The molecule has 3 heteroatoms. The number of hydrogen-bond acceptors (Lipinski definition) is 2. The molecular weight excluding hydrogens is 154 g/mol. The van der Waals surface area contributed by atoms with E-state index in [0.29, 0.717) is 6.61 Å². The third-order valence-electron chi connectivity index (χ3n) is 2.21. The predicted molar refractivity (Wildman–Crippen MR) is 46.8 cm³/mol. The van der Waals surface area contributed by atoms with Crippen LogP contribution in [0.4, 0.5) is 0 Å². The first-order valence-electron chi connectivity index (χ1n) is 4.22. The van der Waals surface area contributed by atoms with Gasteiger partial charge in [-0.1, -0.05) is 6.58 Å². The van der Waals surface area contributed by atoms with Crippen LogP contribution in [0.5, 0.6) is 0 Å². The molecule has 0 aliphatic carbocycles. The van der Waals surface area contributed by atoms with Crippen LogP contribution < -0.4 is 0 Å². The maximum Gasteiger partial charge on any atom is 0.246 e. The molecule has 0 radical (unpaired) electrons. The maximum absolute atomic E-state index is 11.2. The van der Waals surface area contributed by atoms with Gasteiger partial charge in [-0.3, -0.25) is 4.79 Å². The van der Waals surface area contributed by atoms with Crippen molar-refractivity contribution in [2.75, 3.05) is 20.3 Å². The van der Waals surface area contributed by atoms with E-state index in [1.807, 2.05) is 0 Å². The third-order valence-corrected chi connectivity index (χ3v) is 2.21. The van der Waals surface area contributed by atoms with Gasteiger partial charge in [-0.2, -0.15) is 0 Å². The van der Waals surface area contributed by atoms with Gasteiger partial charge >= 0.3 is 0 Å². The highest BCUT2D eigenvalue weighted by Crippen LogP contribution is 2.11. The van der Waals surface area contributed by atoms with Gasteiger partial charge < -0.3 is 9.64 Å². The molecule has 1 aliphatic rings. The van der Waals surface area contributed by atoms with Gasteiger partial charge in [0.25, 0.3) is 0 Å². The molecule has 0 aromatic carbocycles. The van der Waals surface area contributed by atoms with Gasteiger partial charge in [-0.25, -0.2) is 0 Å². The predicted octanol–water partition coefficient (Wildman–Crippen LogP) is 0.810. The van der Waals surface area contributed by atoms with Crippen molar-refractivity contribution in [1.29, 1.82) is 0 Å². The first-order chi connectivity index (χ1) is 5.75. The molecule has 3 nitrogen and oxygen atoms in total. The van der Waals surface area contributed by atoms with Crippen molar-refractivity contribution in [3.8, 4) is 0 Å². The molecule has 1 heterocycles. The second-order valence-corrected chi connectivity index (χ2v) is 3.02. The Morgan fingerprint density at radius 2 is 2.50 bits per heavy atom. The number of hydrogen-bond donors (Lipinski definition) is 0. The zero-order valence-electron chi connectivity index (χ0n) is 7.45. The van der Waals surface area contributed by atoms with Crippen molar-refractivity contribution in [3.63, 3.8) is 0 Å². The highest BCUT2D eigenvalue weighted by molar-refractivity contribution is 5.87. The number of ether oxygens (including phenoxy) is 1. The average Bonchev–Trinajstić information content (AvgIpc) is 2.17. The lowest BCUT2D eigenvalue weighted by Crippen LogP contribution is -2.41. The first kappa shape index (κ1) is 9.26. The van der Waals surface area contributed by atoms with Crippen LogP contribution >= 0.6 is 0 Å². The number of rotatable bonds is 2. The van der Waals surface area contributed by atoms with Crippen LogP contribution in [0.2, 0.25) is 0 Å². The molecule has 1 atom stereocenters. The summed E-state index contributed by atoms with van der Waals surface area (Å²) in [5.41, 5.74) is 0. The zero-order chi connectivity index (χ0) is 8.97. The Labute approximate surface area is 73.0 Å². The second kappa shape index (κ2) is 4.26. The number of carbonyl (C=O) groups is 1. The van der Waals surface area contributed by atoms with Gasteiger partial charge in [0.05, 0.1) is 12.6 Å². The molecule has 0 spiro atoms. The van der Waals surface area contributed by atoms with E-state index in [2.05, 4.69) is 6.58 Å². The summed E-state index contributed by atoms with van der Waals surface area (Å²) in [6, 6.07) is 0.240. The highest BCUT2D eigenvalue weighted by atomic mass is 16.5. The summed E-state index contributed by atoms with van der Waals surface area (Å²) >= 11 is 0. The largest absolute Gasteiger partial charge is 0.379 e. The van der Waals surface area contributed by atoms with Crippen molar-refractivity contribution < 1.29 is 9.53 Å². The van der Waals surface area contributed by atoms with E-state index in [-0.39, 0.29) is 11.9 Å². The number of nitrogens with zero attached hydrogens (tertiary/aromatic N) is 1. The van der Waals surface area contributed by atoms with E-state index in [4.69, 9.17) is 4.74 Å². The number of likely N-dealkylation sites (N-methyl/N-ethyl adjacent to an activating group) is 1. The fraction of sp³-hybridized carbons (Fsp3) is 0.667. The normalized spacial score (nSPS) is 23.2. The molecule has 0 saturated carbocycles. The lowest BCUT2D eigenvalue weighted by molar-refractivity contribution is -0.129.